The van der Waals surface area contributed by atoms with Crippen molar-refractivity contribution < 1.29 is 28.3 Å². The van der Waals surface area contributed by atoms with E-state index < -0.39 is 14.6 Å². The average molecular weight is 452 g/mol. The zero-order valence-corrected chi connectivity index (χ0v) is 20.8. The number of carbonyl (C=O) groups is 1. The Hall–Kier alpha value is -1.29. The number of hydrogen-bond acceptors (Lipinski definition) is 7. The van der Waals surface area contributed by atoms with Gasteiger partial charge in [-0.25, -0.2) is 0 Å². The van der Waals surface area contributed by atoms with Crippen molar-refractivity contribution in [2.45, 2.75) is 96.5 Å². The minimum Gasteiger partial charge on any atom is -0.434 e. The number of carbonyl (C=O) groups excluding carboxylic acids is 1. The van der Waals surface area contributed by atoms with Crippen LogP contribution in [0.15, 0.2) is 30.3 Å². The minimum absolute atomic E-state index is 0.0663. The van der Waals surface area contributed by atoms with Crippen LogP contribution in [0.1, 0.15) is 46.6 Å². The lowest BCUT2D eigenvalue weighted by Crippen LogP contribution is -2.57. The van der Waals surface area contributed by atoms with E-state index in [4.69, 9.17) is 23.5 Å². The Morgan fingerprint density at radius 2 is 1.90 bits per heavy atom. The smallest absolute Gasteiger partial charge is 0.304 e. The quantitative estimate of drug-likeness (QED) is 0.473. The van der Waals surface area contributed by atoms with Crippen LogP contribution in [0.25, 0.3) is 0 Å². The van der Waals surface area contributed by atoms with Gasteiger partial charge in [-0.2, -0.15) is 5.06 Å². The highest BCUT2D eigenvalue weighted by atomic mass is 28.4. The Balaban J connectivity index is 1.84. The van der Waals surface area contributed by atoms with Crippen LogP contribution in [0.3, 0.4) is 0 Å². The number of rotatable bonds is 6. The lowest BCUT2D eigenvalue weighted by molar-refractivity contribution is -0.281. The van der Waals surface area contributed by atoms with Crippen LogP contribution in [-0.4, -0.2) is 56.8 Å². The molecular formula is C23H37NO6Si. The molecule has 2 aliphatic rings. The Bertz CT molecular complexity index is 737. The van der Waals surface area contributed by atoms with Crippen molar-refractivity contribution in [2.75, 3.05) is 6.61 Å². The molecule has 0 N–H and O–H groups in total. The van der Waals surface area contributed by atoms with E-state index in [1.807, 2.05) is 30.2 Å². The van der Waals surface area contributed by atoms with Gasteiger partial charge in [-0.1, -0.05) is 51.1 Å². The molecule has 2 heterocycles. The molecule has 1 unspecified atom stereocenters. The molecule has 0 aliphatic carbocycles. The van der Waals surface area contributed by atoms with Gasteiger partial charge in [-0.15, -0.1) is 0 Å². The number of hydrogen-bond donors (Lipinski definition) is 0. The summed E-state index contributed by atoms with van der Waals surface area (Å²) in [6, 6.07) is 9.96. The first kappa shape index (κ1) is 24.4. The first-order valence-electron chi connectivity index (χ1n) is 11.1. The predicted octanol–water partition coefficient (Wildman–Crippen LogP) is 4.23. The maximum atomic E-state index is 11.6. The van der Waals surface area contributed by atoms with Gasteiger partial charge in [-0.3, -0.25) is 9.63 Å². The largest absolute Gasteiger partial charge is 0.434 e. The minimum atomic E-state index is -2.05. The summed E-state index contributed by atoms with van der Waals surface area (Å²) in [6.45, 7) is 15.4. The number of ether oxygens (including phenoxy) is 3. The molecule has 2 aliphatic heterocycles. The zero-order valence-electron chi connectivity index (χ0n) is 19.8. The molecule has 5 atom stereocenters. The van der Waals surface area contributed by atoms with Crippen molar-refractivity contribution >= 4 is 14.3 Å². The second-order valence-electron chi connectivity index (χ2n) is 9.93. The molecule has 3 rings (SSSR count). The molecule has 31 heavy (non-hydrogen) atoms. The van der Waals surface area contributed by atoms with E-state index >= 15 is 0 Å². The van der Waals surface area contributed by atoms with Gasteiger partial charge >= 0.3 is 5.97 Å². The average Bonchev–Trinajstić information content (AvgIpc) is 3.04. The molecule has 0 bridgehead atoms. The fourth-order valence-electron chi connectivity index (χ4n) is 3.73. The predicted molar refractivity (Wildman–Crippen MR) is 119 cm³/mol. The number of nitrogens with zero attached hydrogens (tertiary/aromatic N) is 1. The molecule has 7 nitrogen and oxygen atoms in total. The van der Waals surface area contributed by atoms with Crippen LogP contribution >= 0.6 is 0 Å². The molecule has 0 spiro atoms. The van der Waals surface area contributed by atoms with E-state index in [1.54, 1.807) is 0 Å². The van der Waals surface area contributed by atoms with Gasteiger partial charge in [0.15, 0.2) is 14.6 Å². The van der Waals surface area contributed by atoms with Crippen LogP contribution in [0.5, 0.6) is 0 Å². The van der Waals surface area contributed by atoms with Crippen LogP contribution in [-0.2, 0) is 34.8 Å². The molecule has 1 aromatic carbocycles. The molecule has 0 saturated carbocycles. The summed E-state index contributed by atoms with van der Waals surface area (Å²) in [5, 5.41) is 1.95. The third-order valence-corrected chi connectivity index (χ3v) is 10.9. The normalized spacial score (nSPS) is 30.4. The van der Waals surface area contributed by atoms with E-state index in [1.165, 1.54) is 6.92 Å². The van der Waals surface area contributed by atoms with Gasteiger partial charge in [0.05, 0.1) is 18.8 Å². The van der Waals surface area contributed by atoms with Gasteiger partial charge in [0.25, 0.3) is 0 Å². The number of benzene rings is 1. The Morgan fingerprint density at radius 1 is 1.23 bits per heavy atom. The van der Waals surface area contributed by atoms with E-state index in [9.17, 15) is 4.79 Å². The van der Waals surface area contributed by atoms with Gasteiger partial charge in [-0.05, 0) is 30.6 Å². The van der Waals surface area contributed by atoms with E-state index in [-0.39, 0.29) is 35.5 Å². The van der Waals surface area contributed by atoms with Crippen LogP contribution in [0, 0.1) is 0 Å². The number of esters is 1. The highest BCUT2D eigenvalue weighted by Crippen LogP contribution is 2.40. The Kier molecular flexibility index (Phi) is 7.61. The summed E-state index contributed by atoms with van der Waals surface area (Å²) in [6.07, 6.45) is -0.944. The molecule has 8 heteroatoms. The van der Waals surface area contributed by atoms with Crippen molar-refractivity contribution in [1.29, 1.82) is 0 Å². The topological polar surface area (TPSA) is 66.5 Å². The maximum absolute atomic E-state index is 11.6. The van der Waals surface area contributed by atoms with Crippen LogP contribution in [0.2, 0.25) is 18.1 Å². The second kappa shape index (κ2) is 9.68. The molecule has 2 saturated heterocycles. The third kappa shape index (κ3) is 6.15. The van der Waals surface area contributed by atoms with Crippen molar-refractivity contribution in [3.05, 3.63) is 35.9 Å². The van der Waals surface area contributed by atoms with E-state index in [0.29, 0.717) is 19.6 Å². The zero-order chi connectivity index (χ0) is 22.8. The van der Waals surface area contributed by atoms with Gasteiger partial charge < -0.3 is 18.6 Å². The summed E-state index contributed by atoms with van der Waals surface area (Å²) in [5.74, 6) is -0.361. The summed E-state index contributed by atoms with van der Waals surface area (Å²) in [4.78, 5) is 17.6. The summed E-state index contributed by atoms with van der Waals surface area (Å²) >= 11 is 0. The van der Waals surface area contributed by atoms with Gasteiger partial charge in [0, 0.05) is 19.9 Å². The van der Waals surface area contributed by atoms with Crippen LogP contribution < -0.4 is 0 Å². The highest BCUT2D eigenvalue weighted by Gasteiger charge is 2.49. The van der Waals surface area contributed by atoms with Crippen LogP contribution in [0.4, 0.5) is 0 Å². The second-order valence-corrected chi connectivity index (χ2v) is 14.7. The van der Waals surface area contributed by atoms with E-state index in [2.05, 4.69) is 46.0 Å². The lowest BCUT2D eigenvalue weighted by atomic mass is 10.0. The molecule has 174 valence electrons. The number of hydroxylamine groups is 2. The first-order valence-corrected chi connectivity index (χ1v) is 14.0. The molecule has 0 aromatic heterocycles. The SMILES string of the molecule is CC(=O)O[C@H]1CC([C@@H]2O[C@H](C)OC[C@H]2O[Si](C)(C)C(C)(C)C)N(Cc2ccccc2)O1. The van der Waals surface area contributed by atoms with Gasteiger partial charge in [0.2, 0.25) is 6.29 Å². The first-order chi connectivity index (χ1) is 14.5. The fraction of sp³-hybridized carbons (Fsp3) is 0.696. The van der Waals surface area contributed by atoms with Gasteiger partial charge in [0.1, 0.15) is 6.10 Å². The Morgan fingerprint density at radius 3 is 2.52 bits per heavy atom. The fourth-order valence-corrected chi connectivity index (χ4v) is 5.04. The summed E-state index contributed by atoms with van der Waals surface area (Å²) in [5.41, 5.74) is 1.11. The lowest BCUT2D eigenvalue weighted by Gasteiger charge is -2.45. The molecule has 2 fully saturated rings. The molecule has 1 aromatic rings. The standard InChI is InChI=1S/C23H37NO6Si/c1-16(25)27-21-13-19(24(29-21)14-18-11-9-8-10-12-18)22-20(15-26-17(2)28-22)30-31(6,7)23(3,4)5/h8-12,17,19-22H,13-15H2,1-7H3/t17-,19?,20-,21-,22+/m1/s1. The van der Waals surface area contributed by atoms with E-state index in [0.717, 1.165) is 5.56 Å². The molecular weight excluding hydrogens is 414 g/mol. The Labute approximate surface area is 187 Å². The van der Waals surface area contributed by atoms with Crippen molar-refractivity contribution in [3.63, 3.8) is 0 Å². The van der Waals surface area contributed by atoms with Crippen molar-refractivity contribution in [3.8, 4) is 0 Å². The maximum Gasteiger partial charge on any atom is 0.304 e. The third-order valence-electron chi connectivity index (χ3n) is 6.38. The molecule has 0 radical (unpaired) electrons. The highest BCUT2D eigenvalue weighted by molar-refractivity contribution is 6.74. The van der Waals surface area contributed by atoms with Crippen molar-refractivity contribution in [1.82, 2.24) is 5.06 Å². The van der Waals surface area contributed by atoms with Crippen molar-refractivity contribution in [2.24, 2.45) is 0 Å². The summed E-state index contributed by atoms with van der Waals surface area (Å²) < 4.78 is 24.2. The molecule has 0 amide bonds. The monoisotopic (exact) mass is 451 g/mol. The summed E-state index contributed by atoms with van der Waals surface area (Å²) in [7, 11) is -2.05.